The van der Waals surface area contributed by atoms with Gasteiger partial charge in [-0.05, 0) is 24.3 Å². The summed E-state index contributed by atoms with van der Waals surface area (Å²) in [4.78, 5) is 2.37. The summed E-state index contributed by atoms with van der Waals surface area (Å²) < 4.78 is 0. The highest BCUT2D eigenvalue weighted by molar-refractivity contribution is 8.00. The van der Waals surface area contributed by atoms with Crippen LogP contribution in [0.3, 0.4) is 0 Å². The Morgan fingerprint density at radius 1 is 1.47 bits per heavy atom. The third-order valence-corrected chi connectivity index (χ3v) is 4.01. The van der Waals surface area contributed by atoms with Gasteiger partial charge in [-0.2, -0.15) is 11.8 Å². The standard InChI is InChI=1S/C12H17N3OS/c1-9-8-15(6-7-17-9)11-4-2-10(3-5-11)12(13)14-16/h2-5,9,16H,6-8H2,1H3,(H2,13,14). The molecule has 5 heteroatoms. The van der Waals surface area contributed by atoms with Crippen LogP contribution in [0, 0.1) is 0 Å². The van der Waals surface area contributed by atoms with Crippen LogP contribution in [0.15, 0.2) is 29.4 Å². The molecule has 3 N–H and O–H groups in total. The van der Waals surface area contributed by atoms with Crippen LogP contribution < -0.4 is 10.6 Å². The predicted molar refractivity (Wildman–Crippen MR) is 73.1 cm³/mol. The maximum absolute atomic E-state index is 8.59. The molecule has 1 unspecified atom stereocenters. The van der Waals surface area contributed by atoms with Gasteiger partial charge >= 0.3 is 0 Å². The Kier molecular flexibility index (Phi) is 3.78. The fourth-order valence-electron chi connectivity index (χ4n) is 1.95. The smallest absolute Gasteiger partial charge is 0.170 e. The quantitative estimate of drug-likeness (QED) is 0.364. The van der Waals surface area contributed by atoms with E-state index < -0.39 is 0 Å². The minimum atomic E-state index is 0.152. The molecule has 0 spiro atoms. The van der Waals surface area contributed by atoms with Crippen molar-refractivity contribution in [1.82, 2.24) is 0 Å². The SMILES string of the molecule is CC1CN(c2ccc(/C(N)=N/O)cc2)CCS1. The van der Waals surface area contributed by atoms with Crippen LogP contribution >= 0.6 is 11.8 Å². The molecule has 1 aliphatic rings. The van der Waals surface area contributed by atoms with Crippen molar-refractivity contribution in [2.45, 2.75) is 12.2 Å². The molecular weight excluding hydrogens is 234 g/mol. The first kappa shape index (κ1) is 12.1. The first-order valence-electron chi connectivity index (χ1n) is 5.65. The Balaban J connectivity index is 2.12. The molecule has 1 heterocycles. The van der Waals surface area contributed by atoms with Crippen LogP contribution in [0.2, 0.25) is 0 Å². The van der Waals surface area contributed by atoms with Gasteiger partial charge in [-0.15, -0.1) is 0 Å². The van der Waals surface area contributed by atoms with E-state index in [1.54, 1.807) is 0 Å². The van der Waals surface area contributed by atoms with Crippen molar-refractivity contribution in [2.75, 3.05) is 23.7 Å². The minimum Gasteiger partial charge on any atom is -0.409 e. The maximum atomic E-state index is 8.59. The van der Waals surface area contributed by atoms with Crippen molar-refractivity contribution in [1.29, 1.82) is 0 Å². The molecule has 1 atom stereocenters. The van der Waals surface area contributed by atoms with Gasteiger partial charge in [-0.25, -0.2) is 0 Å². The van der Waals surface area contributed by atoms with Crippen LogP contribution in [0.4, 0.5) is 5.69 Å². The van der Waals surface area contributed by atoms with Crippen molar-refractivity contribution in [2.24, 2.45) is 10.9 Å². The molecule has 1 aliphatic heterocycles. The number of oxime groups is 1. The fraction of sp³-hybridized carbons (Fsp3) is 0.417. The van der Waals surface area contributed by atoms with Crippen molar-refractivity contribution < 1.29 is 5.21 Å². The van der Waals surface area contributed by atoms with Crippen molar-refractivity contribution in [3.63, 3.8) is 0 Å². The number of anilines is 1. The number of rotatable bonds is 2. The lowest BCUT2D eigenvalue weighted by molar-refractivity contribution is 0.318. The van der Waals surface area contributed by atoms with Crippen LogP contribution in [0.1, 0.15) is 12.5 Å². The van der Waals surface area contributed by atoms with Gasteiger partial charge < -0.3 is 15.8 Å². The number of thioether (sulfide) groups is 1. The molecule has 1 fully saturated rings. The molecule has 17 heavy (non-hydrogen) atoms. The lowest BCUT2D eigenvalue weighted by Gasteiger charge is -2.32. The van der Waals surface area contributed by atoms with E-state index >= 15 is 0 Å². The van der Waals surface area contributed by atoms with Gasteiger partial charge in [0.25, 0.3) is 0 Å². The molecule has 1 aromatic rings. The van der Waals surface area contributed by atoms with E-state index in [4.69, 9.17) is 10.9 Å². The van der Waals surface area contributed by atoms with Gasteiger partial charge in [0, 0.05) is 35.3 Å². The number of benzene rings is 1. The zero-order valence-corrected chi connectivity index (χ0v) is 10.7. The van der Waals surface area contributed by atoms with E-state index in [-0.39, 0.29) is 5.84 Å². The van der Waals surface area contributed by atoms with Crippen LogP contribution in [0.25, 0.3) is 0 Å². The zero-order valence-electron chi connectivity index (χ0n) is 9.84. The molecule has 0 aliphatic carbocycles. The van der Waals surface area contributed by atoms with Crippen molar-refractivity contribution >= 4 is 23.3 Å². The van der Waals surface area contributed by atoms with Gasteiger partial charge in [0.1, 0.15) is 0 Å². The Labute approximate surface area is 105 Å². The van der Waals surface area contributed by atoms with Gasteiger partial charge in [-0.1, -0.05) is 12.1 Å². The monoisotopic (exact) mass is 251 g/mol. The Morgan fingerprint density at radius 2 is 2.18 bits per heavy atom. The summed E-state index contributed by atoms with van der Waals surface area (Å²) in [5.41, 5.74) is 7.47. The second-order valence-electron chi connectivity index (χ2n) is 4.16. The number of hydrogen-bond donors (Lipinski definition) is 2. The Hall–Kier alpha value is -1.36. The number of amidine groups is 1. The average molecular weight is 251 g/mol. The zero-order chi connectivity index (χ0) is 12.3. The van der Waals surface area contributed by atoms with Gasteiger partial charge in [0.15, 0.2) is 5.84 Å². The summed E-state index contributed by atoms with van der Waals surface area (Å²) in [6.07, 6.45) is 0. The highest BCUT2D eigenvalue weighted by Gasteiger charge is 2.16. The minimum absolute atomic E-state index is 0.152. The molecule has 0 amide bonds. The molecule has 4 nitrogen and oxygen atoms in total. The second kappa shape index (κ2) is 5.31. The molecule has 0 saturated carbocycles. The van der Waals surface area contributed by atoms with E-state index in [2.05, 4.69) is 17.0 Å². The first-order valence-corrected chi connectivity index (χ1v) is 6.70. The molecule has 1 aromatic carbocycles. The highest BCUT2D eigenvalue weighted by atomic mass is 32.2. The van der Waals surface area contributed by atoms with Gasteiger partial charge in [0.05, 0.1) is 0 Å². The topological polar surface area (TPSA) is 61.8 Å². The summed E-state index contributed by atoms with van der Waals surface area (Å²) >= 11 is 2.01. The van der Waals surface area contributed by atoms with E-state index in [1.165, 1.54) is 11.4 Å². The van der Waals surface area contributed by atoms with Crippen LogP contribution in [-0.2, 0) is 0 Å². The van der Waals surface area contributed by atoms with Crippen molar-refractivity contribution in [3.8, 4) is 0 Å². The molecule has 0 aromatic heterocycles. The highest BCUT2D eigenvalue weighted by Crippen LogP contribution is 2.23. The molecule has 92 valence electrons. The number of hydrogen-bond acceptors (Lipinski definition) is 4. The Morgan fingerprint density at radius 3 is 2.76 bits per heavy atom. The van der Waals surface area contributed by atoms with Crippen LogP contribution in [-0.4, -0.2) is 35.1 Å². The third-order valence-electron chi connectivity index (χ3n) is 2.88. The molecule has 2 rings (SSSR count). The van der Waals surface area contributed by atoms with Crippen molar-refractivity contribution in [3.05, 3.63) is 29.8 Å². The summed E-state index contributed by atoms with van der Waals surface area (Å²) in [5.74, 6) is 1.32. The summed E-state index contributed by atoms with van der Waals surface area (Å²) in [7, 11) is 0. The second-order valence-corrected chi connectivity index (χ2v) is 5.71. The third kappa shape index (κ3) is 2.85. The summed E-state index contributed by atoms with van der Waals surface area (Å²) in [5, 5.41) is 12.3. The lowest BCUT2D eigenvalue weighted by atomic mass is 10.1. The first-order chi connectivity index (χ1) is 8.20. The molecule has 1 saturated heterocycles. The van der Waals surface area contributed by atoms with Gasteiger partial charge in [0.2, 0.25) is 0 Å². The van der Waals surface area contributed by atoms with E-state index in [1.807, 2.05) is 36.0 Å². The van der Waals surface area contributed by atoms with E-state index in [0.29, 0.717) is 5.25 Å². The fourth-order valence-corrected chi connectivity index (χ4v) is 2.97. The Bertz CT molecular complexity index is 405. The van der Waals surface area contributed by atoms with E-state index in [9.17, 15) is 0 Å². The predicted octanol–water partition coefficient (Wildman–Crippen LogP) is 1.72. The normalized spacial score (nSPS) is 21.6. The van der Waals surface area contributed by atoms with Gasteiger partial charge in [-0.3, -0.25) is 0 Å². The summed E-state index contributed by atoms with van der Waals surface area (Å²) in [6, 6.07) is 7.82. The van der Waals surface area contributed by atoms with Crippen LogP contribution in [0.5, 0.6) is 0 Å². The average Bonchev–Trinajstić information content (AvgIpc) is 2.38. The number of nitrogens with zero attached hydrogens (tertiary/aromatic N) is 2. The maximum Gasteiger partial charge on any atom is 0.170 e. The number of nitrogens with two attached hydrogens (primary N) is 1. The molecule has 0 bridgehead atoms. The lowest BCUT2D eigenvalue weighted by Crippen LogP contribution is -2.36. The van der Waals surface area contributed by atoms with E-state index in [0.717, 1.165) is 18.7 Å². The molecule has 0 radical (unpaired) electrons. The molecular formula is C12H17N3OS. The summed E-state index contributed by atoms with van der Waals surface area (Å²) in [6.45, 7) is 4.41. The largest absolute Gasteiger partial charge is 0.409 e.